The number of aromatic nitrogens is 3. The summed E-state index contributed by atoms with van der Waals surface area (Å²) in [5.74, 6) is -0.136. The molecule has 1 aromatic rings. The van der Waals surface area contributed by atoms with Crippen molar-refractivity contribution < 1.29 is 14.3 Å². The highest BCUT2D eigenvalue weighted by Crippen LogP contribution is 2.25. The van der Waals surface area contributed by atoms with E-state index in [9.17, 15) is 9.59 Å². The van der Waals surface area contributed by atoms with E-state index in [2.05, 4.69) is 24.2 Å². The van der Waals surface area contributed by atoms with Crippen LogP contribution in [0.1, 0.15) is 49.4 Å². The van der Waals surface area contributed by atoms with E-state index in [1.165, 1.54) is 0 Å². The van der Waals surface area contributed by atoms with Crippen molar-refractivity contribution in [3.8, 4) is 0 Å². The molecule has 1 fully saturated rings. The number of likely N-dealkylation sites (tertiary alicyclic amines) is 1. The lowest BCUT2D eigenvalue weighted by Gasteiger charge is -2.14. The molecular weight excluding hydrogens is 272 g/mol. The van der Waals surface area contributed by atoms with Crippen molar-refractivity contribution in [1.29, 1.82) is 0 Å². The molecule has 1 saturated heterocycles. The van der Waals surface area contributed by atoms with Crippen LogP contribution >= 0.6 is 0 Å². The van der Waals surface area contributed by atoms with Gasteiger partial charge in [0.05, 0.1) is 12.3 Å². The van der Waals surface area contributed by atoms with Crippen molar-refractivity contribution in [2.75, 3.05) is 20.2 Å². The van der Waals surface area contributed by atoms with E-state index < -0.39 is 5.97 Å². The molecule has 0 N–H and O–H groups in total. The first-order valence-electron chi connectivity index (χ1n) is 7.31. The summed E-state index contributed by atoms with van der Waals surface area (Å²) in [6.45, 7) is 6.83. The summed E-state index contributed by atoms with van der Waals surface area (Å²) in [6.07, 6.45) is 1.32. The number of carbonyl (C=O) groups is 2. The molecule has 0 bridgehead atoms. The van der Waals surface area contributed by atoms with E-state index in [4.69, 9.17) is 4.74 Å². The average molecular weight is 294 g/mol. The highest BCUT2D eigenvalue weighted by Gasteiger charge is 2.35. The SMILES string of the molecule is CCOC(=O)c1nnn(C2CCN(C)C2=O)c1CC(C)C. The maximum absolute atomic E-state index is 12.2. The molecule has 0 radical (unpaired) electrons. The van der Waals surface area contributed by atoms with Gasteiger partial charge in [-0.3, -0.25) is 4.79 Å². The first-order valence-corrected chi connectivity index (χ1v) is 7.31. The number of esters is 1. The van der Waals surface area contributed by atoms with Crippen LogP contribution in [-0.4, -0.2) is 52.0 Å². The van der Waals surface area contributed by atoms with E-state index >= 15 is 0 Å². The minimum absolute atomic E-state index is 0.0142. The maximum atomic E-state index is 12.2. The highest BCUT2D eigenvalue weighted by molar-refractivity contribution is 5.89. The number of hydrogen-bond donors (Lipinski definition) is 0. The molecule has 2 rings (SSSR count). The van der Waals surface area contributed by atoms with Crippen molar-refractivity contribution >= 4 is 11.9 Å². The second kappa shape index (κ2) is 6.24. The van der Waals surface area contributed by atoms with Gasteiger partial charge < -0.3 is 9.64 Å². The fourth-order valence-electron chi connectivity index (χ4n) is 2.53. The van der Waals surface area contributed by atoms with Crippen LogP contribution in [0.2, 0.25) is 0 Å². The predicted octanol–water partition coefficient (Wildman–Crippen LogP) is 1.06. The molecule has 21 heavy (non-hydrogen) atoms. The van der Waals surface area contributed by atoms with Crippen LogP contribution in [0.15, 0.2) is 0 Å². The molecule has 1 aliphatic heterocycles. The normalized spacial score (nSPS) is 18.6. The molecule has 0 saturated carbocycles. The number of rotatable bonds is 5. The van der Waals surface area contributed by atoms with Gasteiger partial charge in [-0.05, 0) is 25.7 Å². The average Bonchev–Trinajstić information content (AvgIpc) is 2.95. The van der Waals surface area contributed by atoms with Crippen LogP contribution in [0.3, 0.4) is 0 Å². The number of hydrogen-bond acceptors (Lipinski definition) is 5. The Bertz CT molecular complexity index is 538. The molecule has 1 aliphatic rings. The molecule has 7 nitrogen and oxygen atoms in total. The Hall–Kier alpha value is -1.92. The van der Waals surface area contributed by atoms with Crippen molar-refractivity contribution in [1.82, 2.24) is 19.9 Å². The monoisotopic (exact) mass is 294 g/mol. The second-order valence-corrected chi connectivity index (χ2v) is 5.71. The smallest absolute Gasteiger partial charge is 0.360 e. The van der Waals surface area contributed by atoms with E-state index in [0.29, 0.717) is 31.0 Å². The second-order valence-electron chi connectivity index (χ2n) is 5.71. The lowest BCUT2D eigenvalue weighted by molar-refractivity contribution is -0.129. The fraction of sp³-hybridized carbons (Fsp3) is 0.714. The summed E-state index contributed by atoms with van der Waals surface area (Å²) in [4.78, 5) is 25.8. The molecule has 7 heteroatoms. The molecule has 0 aromatic carbocycles. The zero-order valence-electron chi connectivity index (χ0n) is 13.0. The van der Waals surface area contributed by atoms with Crippen LogP contribution in [0.4, 0.5) is 0 Å². The number of carbonyl (C=O) groups excluding carboxylic acids is 2. The van der Waals surface area contributed by atoms with Gasteiger partial charge in [0.25, 0.3) is 0 Å². The summed E-state index contributed by atoms with van der Waals surface area (Å²) < 4.78 is 6.63. The van der Waals surface area contributed by atoms with Crippen molar-refractivity contribution in [2.24, 2.45) is 5.92 Å². The molecule has 0 spiro atoms. The van der Waals surface area contributed by atoms with Crippen molar-refractivity contribution in [3.63, 3.8) is 0 Å². The van der Waals surface area contributed by atoms with Gasteiger partial charge in [0.2, 0.25) is 5.91 Å². The quantitative estimate of drug-likeness (QED) is 0.759. The zero-order valence-corrected chi connectivity index (χ0v) is 13.0. The van der Waals surface area contributed by atoms with Crippen LogP contribution < -0.4 is 0 Å². The highest BCUT2D eigenvalue weighted by atomic mass is 16.5. The van der Waals surface area contributed by atoms with Gasteiger partial charge in [-0.25, -0.2) is 9.48 Å². The molecule has 1 aromatic heterocycles. The first-order chi connectivity index (χ1) is 9.95. The summed E-state index contributed by atoms with van der Waals surface area (Å²) in [6, 6.07) is -0.362. The minimum atomic E-state index is -0.474. The summed E-state index contributed by atoms with van der Waals surface area (Å²) in [7, 11) is 1.77. The van der Waals surface area contributed by atoms with E-state index in [0.717, 1.165) is 0 Å². The van der Waals surface area contributed by atoms with Gasteiger partial charge >= 0.3 is 5.97 Å². The van der Waals surface area contributed by atoms with Gasteiger partial charge in [0.1, 0.15) is 6.04 Å². The van der Waals surface area contributed by atoms with Gasteiger partial charge in [0, 0.05) is 13.6 Å². The van der Waals surface area contributed by atoms with E-state index in [1.54, 1.807) is 23.6 Å². The Morgan fingerprint density at radius 3 is 2.71 bits per heavy atom. The van der Waals surface area contributed by atoms with Crippen LogP contribution in [0.25, 0.3) is 0 Å². The van der Waals surface area contributed by atoms with E-state index in [1.807, 2.05) is 0 Å². The lowest BCUT2D eigenvalue weighted by atomic mass is 10.1. The van der Waals surface area contributed by atoms with Gasteiger partial charge in [-0.2, -0.15) is 0 Å². The maximum Gasteiger partial charge on any atom is 0.360 e. The van der Waals surface area contributed by atoms with Gasteiger partial charge in [-0.1, -0.05) is 19.1 Å². The lowest BCUT2D eigenvalue weighted by Crippen LogP contribution is -2.26. The van der Waals surface area contributed by atoms with Crippen LogP contribution in [0.5, 0.6) is 0 Å². The number of amides is 1. The summed E-state index contributed by atoms with van der Waals surface area (Å²) >= 11 is 0. The van der Waals surface area contributed by atoms with Gasteiger partial charge in [0.15, 0.2) is 5.69 Å². The van der Waals surface area contributed by atoms with Crippen LogP contribution in [-0.2, 0) is 16.0 Å². The number of likely N-dealkylation sites (N-methyl/N-ethyl adjacent to an activating group) is 1. The molecule has 1 amide bonds. The topological polar surface area (TPSA) is 77.3 Å². The van der Waals surface area contributed by atoms with Crippen molar-refractivity contribution in [2.45, 2.75) is 39.7 Å². The Kier molecular flexibility index (Phi) is 4.59. The zero-order chi connectivity index (χ0) is 15.6. The fourth-order valence-corrected chi connectivity index (χ4v) is 2.53. The molecular formula is C14H22N4O3. The first kappa shape index (κ1) is 15.5. The molecule has 2 heterocycles. The number of nitrogens with zero attached hydrogens (tertiary/aromatic N) is 4. The van der Waals surface area contributed by atoms with Crippen molar-refractivity contribution in [3.05, 3.63) is 11.4 Å². The Labute approximate surface area is 124 Å². The Balaban J connectivity index is 2.37. The standard InChI is InChI=1S/C14H22N4O3/c1-5-21-14(20)12-11(8-9(2)3)18(16-15-12)10-6-7-17(4)13(10)19/h9-10H,5-8H2,1-4H3. The predicted molar refractivity (Wildman–Crippen MR) is 75.8 cm³/mol. The Morgan fingerprint density at radius 1 is 1.48 bits per heavy atom. The third-order valence-corrected chi connectivity index (χ3v) is 3.56. The Morgan fingerprint density at radius 2 is 2.19 bits per heavy atom. The molecule has 1 atom stereocenters. The van der Waals surface area contributed by atoms with E-state index in [-0.39, 0.29) is 24.2 Å². The number of ether oxygens (including phenoxy) is 1. The third-order valence-electron chi connectivity index (χ3n) is 3.56. The molecule has 0 aliphatic carbocycles. The molecule has 1 unspecified atom stereocenters. The van der Waals surface area contributed by atoms with Gasteiger partial charge in [-0.15, -0.1) is 5.10 Å². The van der Waals surface area contributed by atoms with Crippen LogP contribution in [0, 0.1) is 5.92 Å². The minimum Gasteiger partial charge on any atom is -0.461 e. The summed E-state index contributed by atoms with van der Waals surface area (Å²) in [5.41, 5.74) is 0.921. The third kappa shape index (κ3) is 3.06. The molecule has 116 valence electrons. The summed E-state index contributed by atoms with van der Waals surface area (Å²) in [5, 5.41) is 8.02. The largest absolute Gasteiger partial charge is 0.461 e.